The van der Waals surface area contributed by atoms with Crippen LogP contribution in [0.15, 0.2) is 23.8 Å². The Morgan fingerprint density at radius 1 is 1.22 bits per heavy atom. The van der Waals surface area contributed by atoms with Crippen molar-refractivity contribution in [2.45, 2.75) is 70.8 Å². The smallest absolute Gasteiger partial charge is 0.0596 e. The Morgan fingerprint density at radius 2 is 2.04 bits per heavy atom. The van der Waals surface area contributed by atoms with E-state index >= 15 is 0 Å². The summed E-state index contributed by atoms with van der Waals surface area (Å²) in [7, 11) is 0. The first-order valence-electron chi connectivity index (χ1n) is 9.51. The van der Waals surface area contributed by atoms with Crippen molar-refractivity contribution < 1.29 is 5.11 Å². The number of aliphatic hydroxyl groups is 1. The minimum Gasteiger partial charge on any atom is -0.393 e. The zero-order valence-corrected chi connectivity index (χ0v) is 14.5. The van der Waals surface area contributed by atoms with E-state index in [2.05, 4.69) is 25.5 Å². The molecule has 0 aromatic carbocycles. The van der Waals surface area contributed by atoms with Gasteiger partial charge in [0.05, 0.1) is 6.10 Å². The molecule has 124 valence electrons. The Kier molecular flexibility index (Phi) is 3.54. The summed E-state index contributed by atoms with van der Waals surface area (Å²) in [5.74, 6) is 5.24. The number of allylic oxidation sites excluding steroid dienone is 3. The van der Waals surface area contributed by atoms with Gasteiger partial charge in [0.2, 0.25) is 0 Å². The van der Waals surface area contributed by atoms with E-state index in [9.17, 15) is 5.11 Å². The molecule has 4 aliphatic carbocycles. The molecule has 0 radical (unpaired) electrons. The van der Waals surface area contributed by atoms with E-state index in [-0.39, 0.29) is 16.9 Å². The molecule has 4 aliphatic rings. The number of rotatable bonds is 1. The highest BCUT2D eigenvalue weighted by atomic mass is 16.3. The van der Waals surface area contributed by atoms with Crippen LogP contribution in [0.3, 0.4) is 0 Å². The molecule has 1 nitrogen and oxygen atoms in total. The average molecular weight is 310 g/mol. The molecule has 0 aromatic heterocycles. The van der Waals surface area contributed by atoms with Crippen molar-refractivity contribution in [1.82, 2.24) is 0 Å². The van der Waals surface area contributed by atoms with Gasteiger partial charge in [-0.15, -0.1) is 12.3 Å². The Balaban J connectivity index is 1.73. The maximum Gasteiger partial charge on any atom is 0.0596 e. The highest BCUT2D eigenvalue weighted by Gasteiger charge is 2.59. The molecule has 0 heterocycles. The van der Waals surface area contributed by atoms with Gasteiger partial charge in [-0.3, -0.25) is 0 Å². The predicted octanol–water partition coefficient (Wildman–Crippen LogP) is 4.87. The van der Waals surface area contributed by atoms with Gasteiger partial charge in [-0.25, -0.2) is 0 Å². The third-order valence-corrected chi connectivity index (χ3v) is 8.17. The molecule has 23 heavy (non-hydrogen) atoms. The Hall–Kier alpha value is -1.00. The molecule has 3 saturated carbocycles. The zero-order valence-electron chi connectivity index (χ0n) is 14.5. The number of fused-ring (bicyclic) bond motifs is 5. The maximum absolute atomic E-state index is 10.6. The van der Waals surface area contributed by atoms with Crippen molar-refractivity contribution in [3.63, 3.8) is 0 Å². The topological polar surface area (TPSA) is 20.2 Å². The van der Waals surface area contributed by atoms with E-state index < -0.39 is 0 Å². The molecule has 1 N–H and O–H groups in total. The summed E-state index contributed by atoms with van der Waals surface area (Å²) in [6, 6.07) is 0. The first-order valence-corrected chi connectivity index (χ1v) is 9.51. The molecule has 0 spiro atoms. The van der Waals surface area contributed by atoms with Gasteiger partial charge in [0.25, 0.3) is 0 Å². The molecule has 0 saturated heterocycles. The van der Waals surface area contributed by atoms with Gasteiger partial charge >= 0.3 is 0 Å². The first-order chi connectivity index (χ1) is 11.0. The lowest BCUT2D eigenvalue weighted by molar-refractivity contribution is -0.0760. The summed E-state index contributed by atoms with van der Waals surface area (Å²) >= 11 is 0. The van der Waals surface area contributed by atoms with Crippen molar-refractivity contribution in [3.8, 4) is 12.3 Å². The molecule has 3 fully saturated rings. The maximum atomic E-state index is 10.6. The lowest BCUT2D eigenvalue weighted by Crippen LogP contribution is -2.51. The van der Waals surface area contributed by atoms with Crippen molar-refractivity contribution >= 4 is 0 Å². The Morgan fingerprint density at radius 3 is 2.83 bits per heavy atom. The third-order valence-electron chi connectivity index (χ3n) is 8.17. The largest absolute Gasteiger partial charge is 0.393 e. The molecule has 1 unspecified atom stereocenters. The quantitative estimate of drug-likeness (QED) is 0.685. The zero-order chi connectivity index (χ0) is 16.2. The summed E-state index contributed by atoms with van der Waals surface area (Å²) < 4.78 is 0. The van der Waals surface area contributed by atoms with E-state index in [1.54, 1.807) is 5.57 Å². The monoisotopic (exact) mass is 310 g/mol. The standard InChI is InChI=1S/C22H30O/c1-4-11-22-13-9-15(2)14-16(22)5-6-17-18-7-8-20(23)21(18,3)12-10-19(17)22/h1,14,17-20,23H,2,5-13H2,3H3/t17-,18-,19-,20-,21-,22?/m0/s1. The van der Waals surface area contributed by atoms with E-state index in [0.717, 1.165) is 31.1 Å². The van der Waals surface area contributed by atoms with Gasteiger partial charge in [-0.2, -0.15) is 0 Å². The van der Waals surface area contributed by atoms with Crippen LogP contribution in [0.5, 0.6) is 0 Å². The predicted molar refractivity (Wildman–Crippen MR) is 94.6 cm³/mol. The number of aliphatic hydroxyl groups excluding tert-OH is 1. The van der Waals surface area contributed by atoms with Gasteiger partial charge in [-0.1, -0.05) is 30.7 Å². The SMILES string of the molecule is C#CCC12CCC(=C)C=C1CC[C@@H]1[C@@H]2CC[C@]2(C)[C@@H](O)CC[C@@H]12. The fourth-order valence-electron chi connectivity index (χ4n) is 6.94. The van der Waals surface area contributed by atoms with Gasteiger partial charge in [0.1, 0.15) is 0 Å². The van der Waals surface area contributed by atoms with E-state index in [1.165, 1.54) is 44.1 Å². The average Bonchev–Trinajstić information content (AvgIpc) is 2.84. The highest BCUT2D eigenvalue weighted by Crippen LogP contribution is 2.66. The van der Waals surface area contributed by atoms with Crippen LogP contribution in [-0.4, -0.2) is 11.2 Å². The van der Waals surface area contributed by atoms with Gasteiger partial charge in [-0.05, 0) is 74.5 Å². The first kappa shape index (κ1) is 15.5. The molecule has 1 heteroatoms. The second-order valence-corrected chi connectivity index (χ2v) is 8.92. The van der Waals surface area contributed by atoms with Gasteiger partial charge in [0.15, 0.2) is 0 Å². The van der Waals surface area contributed by atoms with Gasteiger partial charge < -0.3 is 5.11 Å². The van der Waals surface area contributed by atoms with Crippen molar-refractivity contribution in [2.75, 3.05) is 0 Å². The number of hydrogen-bond donors (Lipinski definition) is 1. The number of hydrogen-bond acceptors (Lipinski definition) is 1. The summed E-state index contributed by atoms with van der Waals surface area (Å²) in [4.78, 5) is 0. The fraction of sp³-hybridized carbons (Fsp3) is 0.727. The second kappa shape index (κ2) is 5.25. The lowest BCUT2D eigenvalue weighted by atomic mass is 9.46. The highest BCUT2D eigenvalue weighted by molar-refractivity contribution is 5.35. The summed E-state index contributed by atoms with van der Waals surface area (Å²) in [5.41, 5.74) is 3.31. The fourth-order valence-corrected chi connectivity index (χ4v) is 6.94. The van der Waals surface area contributed by atoms with Crippen LogP contribution >= 0.6 is 0 Å². The van der Waals surface area contributed by atoms with E-state index in [0.29, 0.717) is 5.92 Å². The molecule has 4 rings (SSSR count). The van der Waals surface area contributed by atoms with Crippen molar-refractivity contribution in [1.29, 1.82) is 0 Å². The number of terminal acetylenes is 1. The molecular formula is C22H30O. The molecule has 0 amide bonds. The molecule has 0 aliphatic heterocycles. The van der Waals surface area contributed by atoms with Crippen molar-refractivity contribution in [3.05, 3.63) is 23.8 Å². The Labute approximate surface area is 141 Å². The Bertz CT molecular complexity index is 594. The van der Waals surface area contributed by atoms with Gasteiger partial charge in [0, 0.05) is 11.8 Å². The summed E-state index contributed by atoms with van der Waals surface area (Å²) in [5, 5.41) is 10.6. The van der Waals surface area contributed by atoms with E-state index in [1.807, 2.05) is 0 Å². The van der Waals surface area contributed by atoms with Crippen LogP contribution in [0.2, 0.25) is 0 Å². The lowest BCUT2D eigenvalue weighted by Gasteiger charge is -2.58. The van der Waals surface area contributed by atoms with Crippen LogP contribution in [0, 0.1) is 40.9 Å². The molecule has 6 atom stereocenters. The molecule has 0 bridgehead atoms. The van der Waals surface area contributed by atoms with Crippen LogP contribution in [0.1, 0.15) is 64.7 Å². The third kappa shape index (κ3) is 2.04. The summed E-state index contributed by atoms with van der Waals surface area (Å²) in [6.07, 6.45) is 18.5. The van der Waals surface area contributed by atoms with E-state index in [4.69, 9.17) is 6.42 Å². The van der Waals surface area contributed by atoms with Crippen LogP contribution in [-0.2, 0) is 0 Å². The van der Waals surface area contributed by atoms with Crippen LogP contribution in [0.4, 0.5) is 0 Å². The second-order valence-electron chi connectivity index (χ2n) is 8.92. The summed E-state index contributed by atoms with van der Waals surface area (Å²) in [6.45, 7) is 6.57. The normalized spacial score (nSPS) is 48.7. The minimum atomic E-state index is -0.0832. The molecule has 0 aromatic rings. The van der Waals surface area contributed by atoms with Crippen LogP contribution in [0.25, 0.3) is 0 Å². The minimum absolute atomic E-state index is 0.0832. The molecular weight excluding hydrogens is 280 g/mol. The van der Waals surface area contributed by atoms with Crippen molar-refractivity contribution in [2.24, 2.45) is 28.6 Å². The van der Waals surface area contributed by atoms with Crippen LogP contribution < -0.4 is 0 Å².